The minimum Gasteiger partial charge on any atom is -0.375 e. The summed E-state index contributed by atoms with van der Waals surface area (Å²) < 4.78 is 32.7. The van der Waals surface area contributed by atoms with E-state index in [2.05, 4.69) is 0 Å². The Bertz CT molecular complexity index is 669. The largest absolute Gasteiger partial charge is 0.375 e. The Morgan fingerprint density at radius 3 is 2.86 bits per heavy atom. The van der Waals surface area contributed by atoms with Crippen LogP contribution in [0.5, 0.6) is 0 Å². The summed E-state index contributed by atoms with van der Waals surface area (Å²) in [6.07, 6.45) is 0.488. The van der Waals surface area contributed by atoms with Crippen LogP contribution in [0.1, 0.15) is 25.8 Å². The predicted octanol–water partition coefficient (Wildman–Crippen LogP) is 2.40. The fraction of sp³-hybridized carbons (Fsp3) is 0.500. The van der Waals surface area contributed by atoms with E-state index in [0.717, 1.165) is 0 Å². The third kappa shape index (κ3) is 3.22. The van der Waals surface area contributed by atoms with Gasteiger partial charge in [-0.2, -0.15) is 9.57 Å². The van der Waals surface area contributed by atoms with Gasteiger partial charge in [-0.15, -0.1) is 0 Å². The first kappa shape index (κ1) is 16.2. The fourth-order valence-electron chi connectivity index (χ4n) is 2.33. The van der Waals surface area contributed by atoms with Gasteiger partial charge in [-0.1, -0.05) is 18.5 Å². The Labute approximate surface area is 130 Å². The highest BCUT2D eigenvalue weighted by atomic mass is 35.5. The number of benzene rings is 1. The molecule has 0 N–H and O–H groups in total. The number of rotatable bonds is 3. The predicted molar refractivity (Wildman–Crippen MR) is 79.6 cm³/mol. The molecule has 1 aromatic carbocycles. The Morgan fingerprint density at radius 2 is 2.24 bits per heavy atom. The van der Waals surface area contributed by atoms with Gasteiger partial charge in [0.2, 0.25) is 10.0 Å². The minimum absolute atomic E-state index is 0.0178. The van der Waals surface area contributed by atoms with Crippen molar-refractivity contribution >= 4 is 21.6 Å². The lowest BCUT2D eigenvalue weighted by atomic mass is 10.2. The molecule has 1 fully saturated rings. The van der Waals surface area contributed by atoms with Crippen molar-refractivity contribution in [3.63, 3.8) is 0 Å². The molecule has 21 heavy (non-hydrogen) atoms. The van der Waals surface area contributed by atoms with Crippen LogP contribution in [0.15, 0.2) is 23.1 Å². The molecule has 1 aliphatic rings. The highest BCUT2D eigenvalue weighted by Gasteiger charge is 2.36. The SMILES string of the molecule is CCC1COC(C)CN1S(=O)(=O)c1cc(C#N)ccc1Cl. The first-order valence-electron chi connectivity index (χ1n) is 6.73. The summed E-state index contributed by atoms with van der Waals surface area (Å²) in [5.41, 5.74) is 0.271. The highest BCUT2D eigenvalue weighted by molar-refractivity contribution is 7.89. The Kier molecular flexibility index (Phi) is 4.89. The number of hydrogen-bond donors (Lipinski definition) is 0. The topological polar surface area (TPSA) is 70.4 Å². The molecule has 7 heteroatoms. The molecule has 1 aromatic rings. The van der Waals surface area contributed by atoms with Crippen LogP contribution in [0.25, 0.3) is 0 Å². The van der Waals surface area contributed by atoms with Gasteiger partial charge in [0.1, 0.15) is 4.90 Å². The lowest BCUT2D eigenvalue weighted by Gasteiger charge is -2.37. The average Bonchev–Trinajstić information content (AvgIpc) is 2.47. The summed E-state index contributed by atoms with van der Waals surface area (Å²) in [6, 6.07) is 5.99. The molecule has 0 bridgehead atoms. The average molecular weight is 329 g/mol. The summed E-state index contributed by atoms with van der Waals surface area (Å²) in [6.45, 7) is 4.40. The van der Waals surface area contributed by atoms with Gasteiger partial charge < -0.3 is 4.74 Å². The zero-order chi connectivity index (χ0) is 15.6. The van der Waals surface area contributed by atoms with E-state index in [0.29, 0.717) is 13.0 Å². The van der Waals surface area contributed by atoms with E-state index in [-0.39, 0.29) is 34.2 Å². The summed E-state index contributed by atoms with van der Waals surface area (Å²) in [5.74, 6) is 0. The van der Waals surface area contributed by atoms with Crippen molar-refractivity contribution in [2.45, 2.75) is 37.3 Å². The van der Waals surface area contributed by atoms with Crippen LogP contribution >= 0.6 is 11.6 Å². The van der Waals surface area contributed by atoms with E-state index >= 15 is 0 Å². The van der Waals surface area contributed by atoms with E-state index in [1.165, 1.54) is 22.5 Å². The number of sulfonamides is 1. The first-order chi connectivity index (χ1) is 9.90. The van der Waals surface area contributed by atoms with Crippen molar-refractivity contribution < 1.29 is 13.2 Å². The molecule has 1 saturated heterocycles. The van der Waals surface area contributed by atoms with E-state index in [1.807, 2.05) is 19.9 Å². The smallest absolute Gasteiger partial charge is 0.245 e. The van der Waals surface area contributed by atoms with Crippen molar-refractivity contribution in [2.75, 3.05) is 13.2 Å². The number of hydrogen-bond acceptors (Lipinski definition) is 4. The maximum Gasteiger partial charge on any atom is 0.245 e. The quantitative estimate of drug-likeness (QED) is 0.854. The molecule has 1 aliphatic heterocycles. The second-order valence-electron chi connectivity index (χ2n) is 5.04. The van der Waals surface area contributed by atoms with E-state index in [9.17, 15) is 8.42 Å². The van der Waals surface area contributed by atoms with E-state index in [1.54, 1.807) is 0 Å². The summed E-state index contributed by atoms with van der Waals surface area (Å²) in [5, 5.41) is 9.08. The van der Waals surface area contributed by atoms with Crippen LogP contribution in [-0.2, 0) is 14.8 Å². The second-order valence-corrected chi connectivity index (χ2v) is 7.30. The Morgan fingerprint density at radius 1 is 1.52 bits per heavy atom. The molecule has 2 unspecified atom stereocenters. The molecule has 0 aliphatic carbocycles. The normalized spacial score (nSPS) is 23.7. The van der Waals surface area contributed by atoms with Crippen LogP contribution < -0.4 is 0 Å². The maximum atomic E-state index is 12.9. The van der Waals surface area contributed by atoms with Gasteiger partial charge >= 0.3 is 0 Å². The molecule has 1 heterocycles. The third-order valence-corrected chi connectivity index (χ3v) is 5.94. The Balaban J connectivity index is 2.48. The maximum absolute atomic E-state index is 12.9. The summed E-state index contributed by atoms with van der Waals surface area (Å²) in [4.78, 5) is -0.0178. The number of halogens is 1. The molecular formula is C14H17ClN2O3S. The molecule has 2 rings (SSSR count). The molecule has 0 spiro atoms. The van der Waals surface area contributed by atoms with Crippen LogP contribution in [0, 0.1) is 11.3 Å². The molecule has 0 amide bonds. The highest BCUT2D eigenvalue weighted by Crippen LogP contribution is 2.29. The van der Waals surface area contributed by atoms with Crippen molar-refractivity contribution in [3.05, 3.63) is 28.8 Å². The monoisotopic (exact) mass is 328 g/mol. The van der Waals surface area contributed by atoms with Crippen LogP contribution in [0.3, 0.4) is 0 Å². The number of nitrogens with zero attached hydrogens (tertiary/aromatic N) is 2. The minimum atomic E-state index is -3.75. The van der Waals surface area contributed by atoms with E-state index in [4.69, 9.17) is 21.6 Å². The van der Waals surface area contributed by atoms with Crippen LogP contribution in [0.2, 0.25) is 5.02 Å². The van der Waals surface area contributed by atoms with Crippen LogP contribution in [0.4, 0.5) is 0 Å². The lowest BCUT2D eigenvalue weighted by molar-refractivity contribution is -0.0230. The fourth-order valence-corrected chi connectivity index (χ4v) is 4.59. The van der Waals surface area contributed by atoms with Gasteiger partial charge in [0.15, 0.2) is 0 Å². The third-order valence-electron chi connectivity index (χ3n) is 3.54. The molecule has 114 valence electrons. The zero-order valence-electron chi connectivity index (χ0n) is 11.9. The van der Waals surface area contributed by atoms with Gasteiger partial charge in [-0.25, -0.2) is 8.42 Å². The van der Waals surface area contributed by atoms with Gasteiger partial charge in [0.05, 0.1) is 29.4 Å². The Hall–Kier alpha value is -1.13. The van der Waals surface area contributed by atoms with Gasteiger partial charge in [0, 0.05) is 12.6 Å². The van der Waals surface area contributed by atoms with Gasteiger partial charge in [-0.05, 0) is 31.5 Å². The molecule has 0 radical (unpaired) electrons. The number of ether oxygens (including phenoxy) is 1. The van der Waals surface area contributed by atoms with Gasteiger partial charge in [0.25, 0.3) is 0 Å². The molecule has 0 aromatic heterocycles. The van der Waals surface area contributed by atoms with Crippen molar-refractivity contribution in [1.29, 1.82) is 5.26 Å². The van der Waals surface area contributed by atoms with Crippen molar-refractivity contribution in [1.82, 2.24) is 4.31 Å². The zero-order valence-corrected chi connectivity index (χ0v) is 13.5. The van der Waals surface area contributed by atoms with Gasteiger partial charge in [-0.3, -0.25) is 0 Å². The molecule has 0 saturated carbocycles. The van der Waals surface area contributed by atoms with Crippen molar-refractivity contribution in [3.8, 4) is 6.07 Å². The molecular weight excluding hydrogens is 312 g/mol. The molecule has 2 atom stereocenters. The lowest BCUT2D eigenvalue weighted by Crippen LogP contribution is -2.51. The standard InChI is InChI=1S/C14H17ClN2O3S/c1-3-12-9-20-10(2)8-17(12)21(18,19)14-6-11(7-16)4-5-13(14)15/h4-6,10,12H,3,8-9H2,1-2H3. The first-order valence-corrected chi connectivity index (χ1v) is 8.55. The van der Waals surface area contributed by atoms with Crippen molar-refractivity contribution in [2.24, 2.45) is 0 Å². The molecule has 5 nitrogen and oxygen atoms in total. The number of morpholine rings is 1. The summed E-state index contributed by atoms with van der Waals surface area (Å²) >= 11 is 6.04. The number of nitriles is 1. The van der Waals surface area contributed by atoms with Crippen LogP contribution in [-0.4, -0.2) is 38.0 Å². The summed E-state index contributed by atoms with van der Waals surface area (Å²) in [7, 11) is -3.75. The van der Waals surface area contributed by atoms with E-state index < -0.39 is 10.0 Å². The second kappa shape index (κ2) is 6.32.